The van der Waals surface area contributed by atoms with Gasteiger partial charge in [-0.05, 0) is 69.2 Å². The molecule has 2 heterocycles. The van der Waals surface area contributed by atoms with Gasteiger partial charge in [0.05, 0.1) is 5.69 Å². The molecule has 2 aliphatic heterocycles. The van der Waals surface area contributed by atoms with Crippen molar-refractivity contribution in [2.75, 3.05) is 36.4 Å². The molecule has 1 fully saturated rings. The normalized spacial score (nSPS) is 20.8. The molecular weight excluding hydrogens is 486 g/mol. The first-order chi connectivity index (χ1) is 15.3. The predicted molar refractivity (Wildman–Crippen MR) is 119 cm³/mol. The van der Waals surface area contributed by atoms with Crippen molar-refractivity contribution >= 4 is 39.2 Å². The molecule has 4 rings (SSSR count). The molecule has 1 unspecified atom stereocenters. The van der Waals surface area contributed by atoms with Crippen molar-refractivity contribution < 1.29 is 23.5 Å². The van der Waals surface area contributed by atoms with Crippen molar-refractivity contribution in [2.24, 2.45) is 0 Å². The standard InChI is InChI=1S/C22H23BrF2N4O3/c23-14-7-8-18-15(13-14)22(32,20(30)26-9-4-12-28-10-1-2-11-28)29(21(31)27-18)19-16(24)5-3-6-17(19)25/h3,5-8,13,32H,1-2,4,9-12H2,(H,26,30)(H,27,31). The number of carbonyl (C=O) groups is 2. The van der Waals surface area contributed by atoms with Gasteiger partial charge in [0.1, 0.15) is 17.3 Å². The molecule has 1 atom stereocenters. The van der Waals surface area contributed by atoms with E-state index in [4.69, 9.17) is 0 Å². The predicted octanol–water partition coefficient (Wildman–Crippen LogP) is 3.53. The number of halogens is 3. The number of nitrogens with zero attached hydrogens (tertiary/aromatic N) is 2. The van der Waals surface area contributed by atoms with Crippen LogP contribution in [0.5, 0.6) is 0 Å². The number of nitrogens with one attached hydrogen (secondary N) is 2. The van der Waals surface area contributed by atoms with Crippen LogP contribution in [0.2, 0.25) is 0 Å². The van der Waals surface area contributed by atoms with Crippen molar-refractivity contribution in [3.63, 3.8) is 0 Å². The topological polar surface area (TPSA) is 84.9 Å². The van der Waals surface area contributed by atoms with Crippen molar-refractivity contribution in [1.82, 2.24) is 10.2 Å². The van der Waals surface area contributed by atoms with Crippen LogP contribution >= 0.6 is 15.9 Å². The van der Waals surface area contributed by atoms with Crippen LogP contribution in [-0.4, -0.2) is 48.1 Å². The third kappa shape index (κ3) is 4.10. The van der Waals surface area contributed by atoms with Crippen LogP contribution in [0.3, 0.4) is 0 Å². The zero-order valence-electron chi connectivity index (χ0n) is 17.2. The van der Waals surface area contributed by atoms with Crippen LogP contribution in [0.15, 0.2) is 40.9 Å². The van der Waals surface area contributed by atoms with Gasteiger partial charge in [-0.2, -0.15) is 0 Å². The molecular formula is C22H23BrF2N4O3. The number of fused-ring (bicyclic) bond motifs is 1. The molecule has 2 aliphatic rings. The second-order valence-corrected chi connectivity index (χ2v) is 8.77. The molecule has 0 bridgehead atoms. The van der Waals surface area contributed by atoms with Gasteiger partial charge in [-0.3, -0.25) is 4.79 Å². The van der Waals surface area contributed by atoms with E-state index in [1.807, 2.05) is 0 Å². The minimum absolute atomic E-state index is 0.00818. The average Bonchev–Trinajstić information content (AvgIpc) is 3.27. The molecule has 7 nitrogen and oxygen atoms in total. The largest absolute Gasteiger partial charge is 0.359 e. The summed E-state index contributed by atoms with van der Waals surface area (Å²) >= 11 is 3.29. The maximum Gasteiger partial charge on any atom is 0.329 e. The van der Waals surface area contributed by atoms with Gasteiger partial charge in [0.25, 0.3) is 11.6 Å². The van der Waals surface area contributed by atoms with Crippen molar-refractivity contribution in [3.8, 4) is 0 Å². The Morgan fingerprint density at radius 1 is 1.19 bits per heavy atom. The van der Waals surface area contributed by atoms with E-state index in [1.165, 1.54) is 12.1 Å². The van der Waals surface area contributed by atoms with E-state index in [0.717, 1.165) is 50.7 Å². The highest BCUT2D eigenvalue weighted by molar-refractivity contribution is 9.10. The number of urea groups is 1. The van der Waals surface area contributed by atoms with Gasteiger partial charge in [-0.15, -0.1) is 0 Å². The van der Waals surface area contributed by atoms with Gasteiger partial charge < -0.3 is 20.6 Å². The number of rotatable bonds is 6. The summed E-state index contributed by atoms with van der Waals surface area (Å²) in [5, 5.41) is 16.8. The highest BCUT2D eigenvalue weighted by atomic mass is 79.9. The molecule has 3 amide bonds. The van der Waals surface area contributed by atoms with E-state index in [9.17, 15) is 23.5 Å². The maximum absolute atomic E-state index is 14.6. The lowest BCUT2D eigenvalue weighted by atomic mass is 9.94. The second kappa shape index (κ2) is 9.13. The number of aliphatic hydroxyl groups is 1. The van der Waals surface area contributed by atoms with Crippen LogP contribution in [0.25, 0.3) is 0 Å². The summed E-state index contributed by atoms with van der Waals surface area (Å²) < 4.78 is 29.8. The van der Waals surface area contributed by atoms with Gasteiger partial charge in [0, 0.05) is 16.6 Å². The van der Waals surface area contributed by atoms with E-state index < -0.39 is 35.0 Å². The summed E-state index contributed by atoms with van der Waals surface area (Å²) in [7, 11) is 0. The second-order valence-electron chi connectivity index (χ2n) is 7.86. The van der Waals surface area contributed by atoms with Crippen molar-refractivity contribution in [2.45, 2.75) is 25.0 Å². The van der Waals surface area contributed by atoms with Gasteiger partial charge >= 0.3 is 6.03 Å². The Hall–Kier alpha value is -2.56. The zero-order valence-corrected chi connectivity index (χ0v) is 18.8. The monoisotopic (exact) mass is 508 g/mol. The fraction of sp³-hybridized carbons (Fsp3) is 0.364. The van der Waals surface area contributed by atoms with Gasteiger partial charge in [0.15, 0.2) is 0 Å². The van der Waals surface area contributed by atoms with E-state index in [1.54, 1.807) is 6.07 Å². The first-order valence-corrected chi connectivity index (χ1v) is 11.2. The Balaban J connectivity index is 1.68. The van der Waals surface area contributed by atoms with Gasteiger partial charge in [-0.25, -0.2) is 18.5 Å². The van der Waals surface area contributed by atoms with E-state index in [-0.39, 0.29) is 17.8 Å². The average molecular weight is 509 g/mol. The smallest absolute Gasteiger partial charge is 0.329 e. The number of anilines is 2. The number of hydrogen-bond donors (Lipinski definition) is 3. The molecule has 0 saturated carbocycles. The molecule has 0 spiro atoms. The SMILES string of the molecule is O=C1Nc2ccc(Br)cc2C(O)(C(=O)NCCCN2CCCC2)N1c1c(F)cccc1F. The number of amides is 3. The molecule has 1 saturated heterocycles. The third-order valence-corrected chi connectivity index (χ3v) is 6.23. The minimum Gasteiger partial charge on any atom is -0.359 e. The lowest BCUT2D eigenvalue weighted by Crippen LogP contribution is -2.63. The first kappa shape index (κ1) is 22.6. The van der Waals surface area contributed by atoms with Crippen LogP contribution in [0.4, 0.5) is 25.0 Å². The first-order valence-electron chi connectivity index (χ1n) is 10.4. The van der Waals surface area contributed by atoms with Gasteiger partial charge in [-0.1, -0.05) is 22.0 Å². The Bertz CT molecular complexity index is 1030. The highest BCUT2D eigenvalue weighted by Crippen LogP contribution is 2.42. The summed E-state index contributed by atoms with van der Waals surface area (Å²) in [6, 6.07) is 6.57. The molecule has 3 N–H and O–H groups in total. The number of carbonyl (C=O) groups excluding carboxylic acids is 2. The Morgan fingerprint density at radius 3 is 2.56 bits per heavy atom. The van der Waals surface area contributed by atoms with Crippen molar-refractivity contribution in [3.05, 3.63) is 58.1 Å². The molecule has 170 valence electrons. The van der Waals surface area contributed by atoms with Crippen LogP contribution in [-0.2, 0) is 10.5 Å². The molecule has 2 aromatic rings. The number of likely N-dealkylation sites (tertiary alicyclic amines) is 1. The summed E-state index contributed by atoms with van der Waals surface area (Å²) in [4.78, 5) is 28.9. The molecule has 10 heteroatoms. The van der Waals surface area contributed by atoms with Crippen molar-refractivity contribution in [1.29, 1.82) is 0 Å². The summed E-state index contributed by atoms with van der Waals surface area (Å²) in [6.45, 7) is 3.04. The van der Waals surface area contributed by atoms with E-state index in [2.05, 4.69) is 31.5 Å². The Morgan fingerprint density at radius 2 is 1.88 bits per heavy atom. The van der Waals surface area contributed by atoms with E-state index in [0.29, 0.717) is 15.8 Å². The Kier molecular flexibility index (Phi) is 6.45. The summed E-state index contributed by atoms with van der Waals surface area (Å²) in [5.41, 5.74) is -3.32. The summed E-state index contributed by atoms with van der Waals surface area (Å²) in [5.74, 6) is -3.12. The fourth-order valence-electron chi connectivity index (χ4n) is 4.18. The molecule has 2 aromatic carbocycles. The lowest BCUT2D eigenvalue weighted by molar-refractivity contribution is -0.140. The Labute approximate surface area is 192 Å². The van der Waals surface area contributed by atoms with Gasteiger partial charge in [0.2, 0.25) is 0 Å². The molecule has 0 aliphatic carbocycles. The molecule has 0 aromatic heterocycles. The molecule has 0 radical (unpaired) electrons. The molecule has 32 heavy (non-hydrogen) atoms. The number of hydrogen-bond acceptors (Lipinski definition) is 4. The lowest BCUT2D eigenvalue weighted by Gasteiger charge is -2.42. The van der Waals surface area contributed by atoms with Crippen LogP contribution in [0, 0.1) is 11.6 Å². The van der Waals surface area contributed by atoms with Crippen LogP contribution in [0.1, 0.15) is 24.8 Å². The number of para-hydroxylation sites is 1. The number of benzene rings is 2. The fourth-order valence-corrected chi connectivity index (χ4v) is 4.54. The van der Waals surface area contributed by atoms with E-state index >= 15 is 0 Å². The third-order valence-electron chi connectivity index (χ3n) is 5.74. The zero-order chi connectivity index (χ0) is 22.9. The minimum atomic E-state index is -2.67. The maximum atomic E-state index is 14.6. The highest BCUT2D eigenvalue weighted by Gasteiger charge is 2.53. The summed E-state index contributed by atoms with van der Waals surface area (Å²) in [6.07, 6.45) is 2.93. The van der Waals surface area contributed by atoms with Crippen LogP contribution < -0.4 is 15.5 Å². The quantitative estimate of drug-likeness (QED) is 0.521.